The highest BCUT2D eigenvalue weighted by Gasteiger charge is 2.34. The van der Waals surface area contributed by atoms with Crippen LogP contribution in [0, 0.1) is 12.7 Å². The molecule has 0 aliphatic rings. The van der Waals surface area contributed by atoms with Crippen molar-refractivity contribution in [2.75, 3.05) is 0 Å². The highest BCUT2D eigenvalue weighted by atomic mass is 35.5. The van der Waals surface area contributed by atoms with Gasteiger partial charge in [0, 0.05) is 11.6 Å². The summed E-state index contributed by atoms with van der Waals surface area (Å²) in [6.07, 6.45) is -4.65. The van der Waals surface area contributed by atoms with Crippen molar-refractivity contribution in [3.8, 4) is 0 Å². The average molecular weight is 230 g/mol. The number of rotatable bonds is 0. The van der Waals surface area contributed by atoms with Crippen molar-refractivity contribution < 1.29 is 35.7 Å². The Morgan fingerprint density at radius 3 is 2.14 bits per heavy atom. The number of alkyl halides is 3. The van der Waals surface area contributed by atoms with E-state index < -0.39 is 17.6 Å². The zero-order valence-electron chi connectivity index (χ0n) is 7.25. The van der Waals surface area contributed by atoms with E-state index in [0.717, 1.165) is 6.07 Å². The zero-order chi connectivity index (χ0) is 10.2. The van der Waals surface area contributed by atoms with Crippen LogP contribution in [0.5, 0.6) is 0 Å². The molecule has 1 aromatic rings. The molecule has 1 rings (SSSR count). The topological polar surface area (TPSA) is 27.6 Å². The van der Waals surface area contributed by atoms with Crippen LogP contribution in [0.2, 0.25) is 0 Å². The van der Waals surface area contributed by atoms with Gasteiger partial charge in [-0.25, -0.2) is 4.39 Å². The molecule has 0 aliphatic carbocycles. The van der Waals surface area contributed by atoms with Crippen LogP contribution >= 0.6 is 0 Å². The van der Waals surface area contributed by atoms with Crippen LogP contribution in [0.1, 0.15) is 11.1 Å². The lowest BCUT2D eigenvalue weighted by molar-refractivity contribution is -0.256. The van der Waals surface area contributed by atoms with Gasteiger partial charge in [0.1, 0.15) is 11.5 Å². The highest BCUT2D eigenvalue weighted by molar-refractivity contribution is 5.42. The molecule has 0 saturated heterocycles. The number of hydrogen-bond donors (Lipinski definition) is 1. The van der Waals surface area contributed by atoms with Gasteiger partial charge in [0.05, 0.1) is 5.56 Å². The standard InChI is InChI=1S/C8H7F4N.ClH/c1-4-2-6(9)5(3-7(4)13)8(10,11)12;/h2-3H,13H2,1H3;1H. The summed E-state index contributed by atoms with van der Waals surface area (Å²) < 4.78 is 49.1. The number of halogens is 5. The summed E-state index contributed by atoms with van der Waals surface area (Å²) in [7, 11) is 0. The quantitative estimate of drug-likeness (QED) is 0.555. The van der Waals surface area contributed by atoms with E-state index in [2.05, 4.69) is 5.73 Å². The van der Waals surface area contributed by atoms with Crippen LogP contribution in [0.3, 0.4) is 0 Å². The molecule has 0 aliphatic heterocycles. The Bertz CT molecular complexity index is 335. The molecule has 14 heavy (non-hydrogen) atoms. The van der Waals surface area contributed by atoms with Gasteiger partial charge in [-0.15, -0.1) is 0 Å². The zero-order valence-corrected chi connectivity index (χ0v) is 8.01. The van der Waals surface area contributed by atoms with Gasteiger partial charge in [-0.3, -0.25) is 0 Å². The van der Waals surface area contributed by atoms with Crippen molar-refractivity contribution in [3.05, 3.63) is 29.1 Å². The Morgan fingerprint density at radius 2 is 1.71 bits per heavy atom. The molecule has 0 radical (unpaired) electrons. The van der Waals surface area contributed by atoms with Crippen LogP contribution in [0.15, 0.2) is 12.1 Å². The van der Waals surface area contributed by atoms with Crippen molar-refractivity contribution >= 4 is 5.69 Å². The lowest BCUT2D eigenvalue weighted by atomic mass is 10.1. The Balaban J connectivity index is 0.00000169. The number of aryl methyl sites for hydroxylation is 1. The van der Waals surface area contributed by atoms with Crippen LogP contribution in [-0.2, 0) is 6.18 Å². The first-order valence-corrected chi connectivity index (χ1v) is 3.51. The first-order chi connectivity index (χ1) is 5.82. The summed E-state index contributed by atoms with van der Waals surface area (Å²) >= 11 is 0. The summed E-state index contributed by atoms with van der Waals surface area (Å²) in [4.78, 5) is 0. The monoisotopic (exact) mass is 229 g/mol. The molecule has 0 unspecified atom stereocenters. The van der Waals surface area contributed by atoms with Crippen molar-refractivity contribution in [1.82, 2.24) is 0 Å². The molecular weight excluding hydrogens is 222 g/mol. The molecule has 6 heteroatoms. The van der Waals surface area contributed by atoms with Gasteiger partial charge < -0.3 is 18.1 Å². The van der Waals surface area contributed by atoms with E-state index in [1.807, 2.05) is 0 Å². The predicted octanol–water partition coefficient (Wildman–Crippen LogP) is -0.970. The van der Waals surface area contributed by atoms with E-state index in [0.29, 0.717) is 11.6 Å². The summed E-state index contributed by atoms with van der Waals surface area (Å²) in [5, 5.41) is 0. The van der Waals surface area contributed by atoms with Gasteiger partial charge in [0.25, 0.3) is 0 Å². The van der Waals surface area contributed by atoms with Gasteiger partial charge in [-0.05, 0) is 13.0 Å². The van der Waals surface area contributed by atoms with Crippen LogP contribution < -0.4 is 18.1 Å². The first-order valence-electron chi connectivity index (χ1n) is 3.51. The minimum Gasteiger partial charge on any atom is -1.00 e. The maximum atomic E-state index is 12.8. The third kappa shape index (κ3) is 2.59. The summed E-state index contributed by atoms with van der Waals surface area (Å²) in [6.45, 7) is 1.51. The largest absolute Gasteiger partial charge is 1.00 e. The van der Waals surface area contributed by atoms with Crippen LogP contribution in [0.4, 0.5) is 23.2 Å². The third-order valence-electron chi connectivity index (χ3n) is 1.73. The second kappa shape index (κ2) is 4.14. The Morgan fingerprint density at radius 1 is 1.21 bits per heavy atom. The normalized spacial score (nSPS) is 11.0. The van der Waals surface area contributed by atoms with Gasteiger partial charge in [-0.2, -0.15) is 13.2 Å². The Hall–Kier alpha value is -0.810. The number of benzene rings is 1. The van der Waals surface area contributed by atoms with Gasteiger partial charge in [0.15, 0.2) is 0 Å². The molecular formula is C8H8ClF4N. The molecule has 0 heterocycles. The van der Waals surface area contributed by atoms with E-state index in [-0.39, 0.29) is 18.1 Å². The Kier molecular flexibility index (Phi) is 3.91. The molecule has 0 fully saturated rings. The van der Waals surface area contributed by atoms with E-state index in [1.165, 1.54) is 6.92 Å². The van der Waals surface area contributed by atoms with Gasteiger partial charge >= 0.3 is 6.18 Å². The van der Waals surface area contributed by atoms with Gasteiger partial charge in [0.2, 0.25) is 0 Å². The second-order valence-electron chi connectivity index (χ2n) is 2.76. The lowest BCUT2D eigenvalue weighted by Crippen LogP contribution is -3.00. The third-order valence-corrected chi connectivity index (χ3v) is 1.73. The first kappa shape index (κ1) is 13.2. The molecule has 0 amide bonds. The maximum Gasteiger partial charge on any atom is 0.419 e. The fourth-order valence-corrected chi connectivity index (χ4v) is 0.935. The fourth-order valence-electron chi connectivity index (χ4n) is 0.935. The molecule has 0 spiro atoms. The second-order valence-corrected chi connectivity index (χ2v) is 2.76. The highest BCUT2D eigenvalue weighted by Crippen LogP contribution is 2.33. The maximum absolute atomic E-state index is 12.8. The molecule has 1 nitrogen and oxygen atoms in total. The summed E-state index contributed by atoms with van der Waals surface area (Å²) in [5.41, 5.74) is 2.70. The number of quaternary nitrogens is 1. The molecule has 3 N–H and O–H groups in total. The lowest BCUT2D eigenvalue weighted by Gasteiger charge is -2.08. The van der Waals surface area contributed by atoms with Crippen LogP contribution in [0.25, 0.3) is 0 Å². The van der Waals surface area contributed by atoms with Crippen molar-refractivity contribution in [1.29, 1.82) is 0 Å². The van der Waals surface area contributed by atoms with E-state index in [9.17, 15) is 17.6 Å². The smallest absolute Gasteiger partial charge is 0.419 e. The molecule has 0 saturated carbocycles. The molecule has 0 aromatic heterocycles. The summed E-state index contributed by atoms with van der Waals surface area (Å²) in [5.74, 6) is -1.25. The minimum atomic E-state index is -4.65. The van der Waals surface area contributed by atoms with Gasteiger partial charge in [-0.1, -0.05) is 0 Å². The van der Waals surface area contributed by atoms with E-state index in [4.69, 9.17) is 0 Å². The molecule has 0 atom stereocenters. The minimum absolute atomic E-state index is 0. The van der Waals surface area contributed by atoms with Crippen molar-refractivity contribution in [2.45, 2.75) is 13.1 Å². The van der Waals surface area contributed by atoms with E-state index >= 15 is 0 Å². The van der Waals surface area contributed by atoms with Crippen LogP contribution in [-0.4, -0.2) is 0 Å². The Labute approximate surface area is 84.3 Å². The number of hydrogen-bond acceptors (Lipinski definition) is 0. The van der Waals surface area contributed by atoms with E-state index in [1.54, 1.807) is 0 Å². The SMILES string of the molecule is Cc1cc(F)c(C(F)(F)F)cc1[NH3+].[Cl-]. The predicted molar refractivity (Wildman–Crippen MR) is 38.7 cm³/mol. The molecule has 1 aromatic carbocycles. The van der Waals surface area contributed by atoms with Crippen molar-refractivity contribution in [2.24, 2.45) is 0 Å². The summed E-state index contributed by atoms with van der Waals surface area (Å²) in [6, 6.07) is 1.55. The molecule has 80 valence electrons. The fraction of sp³-hybridized carbons (Fsp3) is 0.250. The average Bonchev–Trinajstić information content (AvgIpc) is 1.94. The molecule has 0 bridgehead atoms. The van der Waals surface area contributed by atoms with Crippen molar-refractivity contribution in [3.63, 3.8) is 0 Å².